The lowest BCUT2D eigenvalue weighted by Gasteiger charge is -2.21. The summed E-state index contributed by atoms with van der Waals surface area (Å²) < 4.78 is 0. The third-order valence-corrected chi connectivity index (χ3v) is 3.44. The van der Waals surface area contributed by atoms with Crippen molar-refractivity contribution in [3.8, 4) is 0 Å². The van der Waals surface area contributed by atoms with Crippen molar-refractivity contribution in [2.75, 3.05) is 18.0 Å². The Bertz CT molecular complexity index is 555. The maximum atomic E-state index is 7.68. The van der Waals surface area contributed by atoms with Crippen LogP contribution in [0.15, 0.2) is 34.3 Å². The molecular weight excluding hydrogens is 328 g/mol. The van der Waals surface area contributed by atoms with Crippen molar-refractivity contribution >= 4 is 35.5 Å². The number of nitrogens with two attached hydrogens (primary N) is 3. The van der Waals surface area contributed by atoms with Gasteiger partial charge in [0.2, 0.25) is 5.96 Å². The van der Waals surface area contributed by atoms with Crippen molar-refractivity contribution < 1.29 is 0 Å². The molecule has 0 aromatic heterocycles. The van der Waals surface area contributed by atoms with E-state index in [2.05, 4.69) is 15.4 Å². The molecule has 0 fully saturated rings. The summed E-state index contributed by atoms with van der Waals surface area (Å²) in [7, 11) is 0. The average molecular weight is 353 g/mol. The molecule has 0 aliphatic heterocycles. The molecular formula is C15H25ClN8. The second-order valence-corrected chi connectivity index (χ2v) is 5.49. The third kappa shape index (κ3) is 7.30. The molecule has 1 aromatic carbocycles. The van der Waals surface area contributed by atoms with Gasteiger partial charge in [0.15, 0.2) is 5.96 Å². The first-order valence-electron chi connectivity index (χ1n) is 7.70. The first-order chi connectivity index (χ1) is 11.6. The van der Waals surface area contributed by atoms with Crippen LogP contribution in [0.2, 0.25) is 5.02 Å². The van der Waals surface area contributed by atoms with Crippen molar-refractivity contribution in [1.82, 2.24) is 5.43 Å². The second kappa shape index (κ2) is 11.3. The van der Waals surface area contributed by atoms with Gasteiger partial charge in [-0.25, -0.2) is 5.84 Å². The predicted octanol–water partition coefficient (Wildman–Crippen LogP) is 1.41. The van der Waals surface area contributed by atoms with Gasteiger partial charge in [0.25, 0.3) is 0 Å². The Hall–Kier alpha value is -2.32. The fourth-order valence-electron chi connectivity index (χ4n) is 2.03. The number of nitrogens with zero attached hydrogens (tertiary/aromatic N) is 3. The van der Waals surface area contributed by atoms with Crippen LogP contribution in [0.5, 0.6) is 0 Å². The highest BCUT2D eigenvalue weighted by atomic mass is 35.5. The van der Waals surface area contributed by atoms with E-state index >= 15 is 0 Å². The van der Waals surface area contributed by atoms with E-state index in [0.717, 1.165) is 32.2 Å². The minimum Gasteiger partial charge on any atom is -0.369 e. The van der Waals surface area contributed by atoms with E-state index in [1.807, 2.05) is 0 Å². The van der Waals surface area contributed by atoms with E-state index in [-0.39, 0.29) is 11.9 Å². The van der Waals surface area contributed by atoms with E-state index in [1.165, 1.54) is 11.2 Å². The van der Waals surface area contributed by atoms with Gasteiger partial charge in [-0.05, 0) is 37.1 Å². The number of hydrazine groups is 1. The fraction of sp³-hybridized carbons (Fsp3) is 0.400. The van der Waals surface area contributed by atoms with Gasteiger partial charge in [0.1, 0.15) is 0 Å². The van der Waals surface area contributed by atoms with E-state index in [0.29, 0.717) is 17.3 Å². The largest absolute Gasteiger partial charge is 0.369 e. The highest BCUT2D eigenvalue weighted by molar-refractivity contribution is 6.30. The first-order valence-corrected chi connectivity index (χ1v) is 8.08. The Labute approximate surface area is 147 Å². The molecule has 0 atom stereocenters. The Balaban J connectivity index is 2.43. The average Bonchev–Trinajstić information content (AvgIpc) is 2.55. The van der Waals surface area contributed by atoms with Gasteiger partial charge in [-0.2, -0.15) is 0 Å². The number of hydrogen-bond acceptors (Lipinski definition) is 4. The molecule has 8 nitrogen and oxygen atoms in total. The highest BCUT2D eigenvalue weighted by Gasteiger charge is 2.13. The van der Waals surface area contributed by atoms with Gasteiger partial charge in [-0.1, -0.05) is 24.4 Å². The van der Waals surface area contributed by atoms with Crippen LogP contribution in [0.1, 0.15) is 25.7 Å². The smallest absolute Gasteiger partial charge is 0.202 e. The molecule has 9 heteroatoms. The van der Waals surface area contributed by atoms with Crippen LogP contribution < -0.4 is 27.6 Å². The van der Waals surface area contributed by atoms with Gasteiger partial charge < -0.3 is 16.9 Å². The zero-order chi connectivity index (χ0) is 17.8. The number of guanidine groups is 2. The van der Waals surface area contributed by atoms with Crippen molar-refractivity contribution in [1.29, 1.82) is 5.41 Å². The first kappa shape index (κ1) is 19.7. The fourth-order valence-corrected chi connectivity index (χ4v) is 2.16. The Morgan fingerprint density at radius 3 is 2.33 bits per heavy atom. The molecule has 0 bridgehead atoms. The number of aliphatic imine (C=N–C) groups is 2. The SMILES string of the molecule is N=C(N)N(C(N)=NCCCCCCN=CNN)c1ccc(Cl)cc1. The van der Waals surface area contributed by atoms with Crippen molar-refractivity contribution in [2.24, 2.45) is 27.3 Å². The molecule has 24 heavy (non-hydrogen) atoms. The molecule has 0 radical (unpaired) electrons. The number of unbranched alkanes of at least 4 members (excludes halogenated alkanes) is 3. The Morgan fingerprint density at radius 1 is 1.12 bits per heavy atom. The summed E-state index contributed by atoms with van der Waals surface area (Å²) in [5, 5.41) is 8.28. The molecule has 0 amide bonds. The molecule has 0 aliphatic rings. The van der Waals surface area contributed by atoms with E-state index in [9.17, 15) is 0 Å². The van der Waals surface area contributed by atoms with Gasteiger partial charge >= 0.3 is 0 Å². The highest BCUT2D eigenvalue weighted by Crippen LogP contribution is 2.17. The van der Waals surface area contributed by atoms with Crippen molar-refractivity contribution in [2.45, 2.75) is 25.7 Å². The van der Waals surface area contributed by atoms with E-state index in [1.54, 1.807) is 24.3 Å². The summed E-state index contributed by atoms with van der Waals surface area (Å²) in [4.78, 5) is 9.74. The summed E-state index contributed by atoms with van der Waals surface area (Å²) in [5.41, 5.74) is 14.6. The molecule has 0 spiro atoms. The lowest BCUT2D eigenvalue weighted by Crippen LogP contribution is -2.46. The number of anilines is 1. The molecule has 0 saturated heterocycles. The molecule has 0 aliphatic carbocycles. The minimum absolute atomic E-state index is 0.190. The predicted molar refractivity (Wildman–Crippen MR) is 101 cm³/mol. The topological polar surface area (TPSA) is 142 Å². The van der Waals surface area contributed by atoms with Crippen molar-refractivity contribution in [3.05, 3.63) is 29.3 Å². The molecule has 132 valence electrons. The van der Waals surface area contributed by atoms with E-state index < -0.39 is 0 Å². The van der Waals surface area contributed by atoms with Gasteiger partial charge in [-0.15, -0.1) is 0 Å². The maximum absolute atomic E-state index is 7.68. The molecule has 1 aromatic rings. The molecule has 1 rings (SSSR count). The van der Waals surface area contributed by atoms with Crippen LogP contribution in [0.3, 0.4) is 0 Å². The molecule has 0 saturated carbocycles. The minimum atomic E-state index is -0.190. The van der Waals surface area contributed by atoms with Crippen LogP contribution >= 0.6 is 11.6 Å². The summed E-state index contributed by atoms with van der Waals surface area (Å²) in [6.07, 6.45) is 5.49. The Morgan fingerprint density at radius 2 is 1.75 bits per heavy atom. The van der Waals surface area contributed by atoms with Gasteiger partial charge in [0, 0.05) is 18.1 Å². The monoisotopic (exact) mass is 352 g/mol. The Kier molecular flexibility index (Phi) is 9.25. The van der Waals surface area contributed by atoms with Gasteiger partial charge in [0.05, 0.1) is 12.0 Å². The van der Waals surface area contributed by atoms with Crippen LogP contribution in [0.4, 0.5) is 5.69 Å². The second-order valence-electron chi connectivity index (χ2n) is 5.05. The standard InChI is InChI=1S/C15H25ClN8/c16-12-5-7-13(8-6-12)24(14(17)18)15(19)22-10-4-2-1-3-9-21-11-23-20/h5-8,11H,1-4,9-10,20H2,(H3,17,18)(H2,19,22)(H,21,23). The normalized spacial score (nSPS) is 11.7. The van der Waals surface area contributed by atoms with Crippen LogP contribution in [0.25, 0.3) is 0 Å². The van der Waals surface area contributed by atoms with Crippen LogP contribution in [0, 0.1) is 5.41 Å². The van der Waals surface area contributed by atoms with E-state index in [4.69, 9.17) is 34.3 Å². The molecule has 0 unspecified atom stereocenters. The molecule has 0 heterocycles. The van der Waals surface area contributed by atoms with Gasteiger partial charge in [-0.3, -0.25) is 20.3 Å². The van der Waals surface area contributed by atoms with Crippen molar-refractivity contribution in [3.63, 3.8) is 0 Å². The summed E-state index contributed by atoms with van der Waals surface area (Å²) in [5.74, 6) is 5.08. The lowest BCUT2D eigenvalue weighted by atomic mass is 10.2. The quantitative estimate of drug-likeness (QED) is 0.150. The molecule has 8 N–H and O–H groups in total. The summed E-state index contributed by atoms with van der Waals surface area (Å²) in [6.45, 7) is 1.33. The number of nitrogens with one attached hydrogen (secondary N) is 2. The zero-order valence-corrected chi connectivity index (χ0v) is 14.3. The number of hydrogen-bond donors (Lipinski definition) is 5. The maximum Gasteiger partial charge on any atom is 0.202 e. The van der Waals surface area contributed by atoms with Crippen LogP contribution in [-0.4, -0.2) is 31.3 Å². The van der Waals surface area contributed by atoms with Crippen LogP contribution in [-0.2, 0) is 0 Å². The lowest BCUT2D eigenvalue weighted by molar-refractivity contribution is 0.653. The third-order valence-electron chi connectivity index (χ3n) is 3.19. The summed E-state index contributed by atoms with van der Waals surface area (Å²) in [6, 6.07) is 6.90. The summed E-state index contributed by atoms with van der Waals surface area (Å²) >= 11 is 5.86. The zero-order valence-electron chi connectivity index (χ0n) is 13.6. The number of rotatable bonds is 9. The number of halogens is 1. The number of benzene rings is 1.